The van der Waals surface area contributed by atoms with Crippen molar-refractivity contribution in [2.75, 3.05) is 13.1 Å². The van der Waals surface area contributed by atoms with Crippen molar-refractivity contribution in [2.45, 2.75) is 13.5 Å². The Morgan fingerprint density at radius 2 is 2.00 bits per heavy atom. The van der Waals surface area contributed by atoms with Gasteiger partial charge in [-0.1, -0.05) is 36.4 Å². The van der Waals surface area contributed by atoms with Gasteiger partial charge in [-0.15, -0.1) is 6.58 Å². The smallest absolute Gasteiger partial charge is 0.104 e. The Labute approximate surface area is 91.0 Å². The molecule has 0 bridgehead atoms. The Hall–Kier alpha value is -1.12. The molecule has 15 heavy (non-hydrogen) atoms. The van der Waals surface area contributed by atoms with Gasteiger partial charge in [0.25, 0.3) is 0 Å². The minimum atomic E-state index is -0.105. The maximum absolute atomic E-state index is 12.2. The molecule has 2 heteroatoms. The number of hydrogen-bond donors (Lipinski definition) is 0. The van der Waals surface area contributed by atoms with Crippen LogP contribution in [0.4, 0.5) is 0 Å². The molecule has 0 unspecified atom stereocenters. The summed E-state index contributed by atoms with van der Waals surface area (Å²) in [5, 5.41) is 12.2. The summed E-state index contributed by atoms with van der Waals surface area (Å²) in [5.41, 5.74) is 1.18. The average molecular weight is 203 g/mol. The normalized spacial score (nSPS) is 34.5. The van der Waals surface area contributed by atoms with E-state index in [1.54, 1.807) is 0 Å². The van der Waals surface area contributed by atoms with Crippen molar-refractivity contribution in [1.82, 2.24) is 0 Å². The van der Waals surface area contributed by atoms with Gasteiger partial charge in [0, 0.05) is 5.56 Å². The first-order valence-electron chi connectivity index (χ1n) is 5.30. The van der Waals surface area contributed by atoms with Gasteiger partial charge >= 0.3 is 0 Å². The van der Waals surface area contributed by atoms with Crippen molar-refractivity contribution in [2.24, 2.45) is 5.41 Å². The van der Waals surface area contributed by atoms with Crippen LogP contribution in [0.3, 0.4) is 0 Å². The molecular weight excluding hydrogens is 186 g/mol. The topological polar surface area (TPSA) is 23.1 Å². The van der Waals surface area contributed by atoms with Gasteiger partial charge in [0.2, 0.25) is 0 Å². The van der Waals surface area contributed by atoms with Crippen LogP contribution in [0.5, 0.6) is 0 Å². The number of hydroxylamine groups is 3. The van der Waals surface area contributed by atoms with Crippen molar-refractivity contribution in [1.29, 1.82) is 0 Å². The fourth-order valence-corrected chi connectivity index (χ4v) is 2.43. The third kappa shape index (κ3) is 2.11. The van der Waals surface area contributed by atoms with Crippen molar-refractivity contribution in [3.8, 4) is 0 Å². The number of quaternary nitrogens is 1. The lowest BCUT2D eigenvalue weighted by atomic mass is 9.81. The fourth-order valence-electron chi connectivity index (χ4n) is 2.43. The molecule has 0 saturated carbocycles. The second-order valence-corrected chi connectivity index (χ2v) is 4.88. The van der Waals surface area contributed by atoms with Crippen molar-refractivity contribution in [3.05, 3.63) is 53.8 Å². The Kier molecular flexibility index (Phi) is 2.41. The highest BCUT2D eigenvalue weighted by Crippen LogP contribution is 2.38. The van der Waals surface area contributed by atoms with Crippen molar-refractivity contribution in [3.63, 3.8) is 0 Å². The summed E-state index contributed by atoms with van der Waals surface area (Å²) in [6.07, 6.45) is 1.91. The molecule has 0 amide bonds. The monoisotopic (exact) mass is 203 g/mol. The highest BCUT2D eigenvalue weighted by Gasteiger charge is 2.45. The van der Waals surface area contributed by atoms with E-state index < -0.39 is 0 Å². The summed E-state index contributed by atoms with van der Waals surface area (Å²) in [6.45, 7) is 7.78. The van der Waals surface area contributed by atoms with Gasteiger partial charge in [-0.3, -0.25) is 0 Å². The van der Waals surface area contributed by atoms with Gasteiger partial charge in [0.05, 0.1) is 18.5 Å². The third-order valence-electron chi connectivity index (χ3n) is 3.11. The first kappa shape index (κ1) is 10.4. The van der Waals surface area contributed by atoms with Crippen LogP contribution in [0.2, 0.25) is 0 Å². The second kappa shape index (κ2) is 3.47. The van der Waals surface area contributed by atoms with E-state index in [-0.39, 0.29) is 10.1 Å². The van der Waals surface area contributed by atoms with E-state index in [0.717, 1.165) is 5.56 Å². The van der Waals surface area contributed by atoms with Crippen LogP contribution in [-0.4, -0.2) is 17.7 Å². The molecule has 1 saturated heterocycles. The molecule has 0 atom stereocenters. The molecular formula is C13H17NO. The summed E-state index contributed by atoms with van der Waals surface area (Å²) in [6, 6.07) is 9.97. The lowest BCUT2D eigenvalue weighted by molar-refractivity contribution is -0.949. The highest BCUT2D eigenvalue weighted by molar-refractivity contribution is 5.14. The maximum atomic E-state index is 12.2. The van der Waals surface area contributed by atoms with Crippen LogP contribution >= 0.6 is 0 Å². The van der Waals surface area contributed by atoms with E-state index >= 15 is 0 Å². The number of hydrogen-bond acceptors (Lipinski definition) is 1. The number of rotatable bonds is 3. The van der Waals surface area contributed by atoms with Crippen LogP contribution < -0.4 is 0 Å². The minimum Gasteiger partial charge on any atom is -0.632 e. The second-order valence-electron chi connectivity index (χ2n) is 4.88. The third-order valence-corrected chi connectivity index (χ3v) is 3.11. The van der Waals surface area contributed by atoms with Gasteiger partial charge < -0.3 is 9.85 Å². The molecule has 0 N–H and O–H groups in total. The molecule has 1 aromatic carbocycles. The zero-order valence-electron chi connectivity index (χ0n) is 9.15. The molecule has 2 rings (SSSR count). The zero-order chi connectivity index (χ0) is 10.9. The fraction of sp³-hybridized carbons (Fsp3) is 0.385. The summed E-state index contributed by atoms with van der Waals surface area (Å²) < 4.78 is -0.105. The Morgan fingerprint density at radius 3 is 2.53 bits per heavy atom. The van der Waals surface area contributed by atoms with Gasteiger partial charge in [0.15, 0.2) is 0 Å². The van der Waals surface area contributed by atoms with Crippen LogP contribution in [0.1, 0.15) is 12.5 Å². The van der Waals surface area contributed by atoms with Gasteiger partial charge in [-0.05, 0) is 6.92 Å². The summed E-state index contributed by atoms with van der Waals surface area (Å²) in [5.74, 6) is 0. The molecule has 1 aromatic rings. The number of benzene rings is 1. The maximum Gasteiger partial charge on any atom is 0.104 e. The lowest BCUT2D eigenvalue weighted by Gasteiger charge is -2.58. The Bertz CT molecular complexity index is 352. The Balaban J connectivity index is 2.01. The van der Waals surface area contributed by atoms with E-state index in [4.69, 9.17) is 0 Å². The number of likely N-dealkylation sites (tertiary alicyclic amines) is 1. The highest BCUT2D eigenvalue weighted by atomic mass is 16.6. The largest absolute Gasteiger partial charge is 0.632 e. The number of nitrogens with zero attached hydrogens (tertiary/aromatic N) is 1. The molecule has 0 radical (unpaired) electrons. The lowest BCUT2D eigenvalue weighted by Crippen LogP contribution is -2.63. The molecule has 0 spiro atoms. The molecule has 80 valence electrons. The molecule has 1 aliphatic heterocycles. The van der Waals surface area contributed by atoms with E-state index in [2.05, 4.69) is 13.5 Å². The standard InChI is InChI=1S/C13H17NO/c1-3-13(2)10-14(15,11-13)9-12-7-5-4-6-8-12/h3-8H,1,9-11H2,2H3. The average Bonchev–Trinajstić information content (AvgIpc) is 2.17. The van der Waals surface area contributed by atoms with E-state index in [9.17, 15) is 5.21 Å². The molecule has 2 nitrogen and oxygen atoms in total. The van der Waals surface area contributed by atoms with Crippen LogP contribution in [0, 0.1) is 10.6 Å². The minimum absolute atomic E-state index is 0.0521. The predicted molar refractivity (Wildman–Crippen MR) is 61.8 cm³/mol. The van der Waals surface area contributed by atoms with E-state index in [0.29, 0.717) is 19.6 Å². The summed E-state index contributed by atoms with van der Waals surface area (Å²) in [4.78, 5) is 0. The van der Waals surface area contributed by atoms with E-state index in [1.165, 1.54) is 0 Å². The van der Waals surface area contributed by atoms with Crippen LogP contribution in [0.15, 0.2) is 43.0 Å². The first-order valence-corrected chi connectivity index (χ1v) is 5.30. The van der Waals surface area contributed by atoms with E-state index in [1.807, 2.05) is 36.4 Å². The van der Waals surface area contributed by atoms with Crippen LogP contribution in [0.25, 0.3) is 0 Å². The molecule has 0 aromatic heterocycles. The summed E-state index contributed by atoms with van der Waals surface area (Å²) in [7, 11) is 0. The predicted octanol–water partition coefficient (Wildman–Crippen LogP) is 2.71. The molecule has 1 aliphatic rings. The SMILES string of the molecule is C=CC1(C)C[N+]([O-])(Cc2ccccc2)C1. The van der Waals surface area contributed by atoms with Crippen LogP contribution in [-0.2, 0) is 6.54 Å². The zero-order valence-corrected chi connectivity index (χ0v) is 9.15. The van der Waals surface area contributed by atoms with Gasteiger partial charge in [-0.2, -0.15) is 0 Å². The molecule has 0 aliphatic carbocycles. The van der Waals surface area contributed by atoms with Gasteiger partial charge in [-0.25, -0.2) is 0 Å². The first-order chi connectivity index (χ1) is 7.05. The Morgan fingerprint density at radius 1 is 1.40 bits per heavy atom. The van der Waals surface area contributed by atoms with Gasteiger partial charge in [0.1, 0.15) is 6.54 Å². The molecule has 1 heterocycles. The van der Waals surface area contributed by atoms with Crippen molar-refractivity contribution >= 4 is 0 Å². The molecule has 1 fully saturated rings. The quantitative estimate of drug-likeness (QED) is 0.421. The van der Waals surface area contributed by atoms with Crippen molar-refractivity contribution < 1.29 is 4.65 Å². The summed E-state index contributed by atoms with van der Waals surface area (Å²) >= 11 is 0.